The minimum Gasteiger partial charge on any atom is -0.697 e. The van der Waals surface area contributed by atoms with Crippen LogP contribution in [0.5, 0.6) is 0 Å². The molecule has 12 aromatic rings. The fraction of sp³-hybridized carbons (Fsp3) is 0.170. The molecular weight excluding hydrogens is 2450 g/mol. The molecule has 706 valence electrons. The normalized spacial score (nSPS) is 13.8. The number of pyridine rings is 8. The third-order valence-electron chi connectivity index (χ3n) is 21.5. The molecule has 0 amide bonds. The Morgan fingerprint density at radius 1 is 0.292 bits per heavy atom. The van der Waals surface area contributed by atoms with Gasteiger partial charge in [0.1, 0.15) is 5.71 Å². The second-order valence-corrected chi connectivity index (χ2v) is 31.5. The van der Waals surface area contributed by atoms with Crippen molar-refractivity contribution in [2.24, 2.45) is 0 Å². The first-order chi connectivity index (χ1) is 63.6. The summed E-state index contributed by atoms with van der Waals surface area (Å²) in [5.41, 5.74) is 87.9. The van der Waals surface area contributed by atoms with Crippen LogP contribution in [0.25, 0.3) is 182 Å². The standard InChI is InChI=1S/C30H30N6.C28H30N6.C24H19F3N6.C24H22N6.4Pt/c31-23-12-3-1-10-21(23)29(33)27-16-6-14-25(35-27)19-8-5-9-20(18-19)26-15-7-17-28(36-26)30(34)22-11-2-4-13-24(22)32;1-5-21(29)17(3)27(31)25-14-8-12-23(33-25)19-10-7-11-20(16-19)24-13-9-15-26(34-24)28(32)18(4)22(30)6-2;1-14(28)11-17(29)21-9-3-7-19(32-21)15-5-2-6-16(12-15)20-8-4-10-22(33-20)18(30)13-23(31)24(25,26)27;1-15(25)12-19(27)23-10-4-8-21(29-23)17-6-3-7-18(14-17)22-9-5-11-24(30-22)20(28)13-16(2)26;;;;/h5-9,14-18,31-34H,1-4,10-13H2;7-16,29-32H,5-6H2,1-4H3;2-13,28-31H,1H3;3-14,25-28H,1-2H3;;;;/q4*-2;4*+2/b29-21-,30-22-,31-23?,32-24?;27-17-,28-18-,29-21?,30-22?;17-11-,18-13-,28-14?,31-23?;19-12-,20-13-,25-15?,26-16?;;;;. The van der Waals surface area contributed by atoms with Crippen LogP contribution in [0, 0.1) is 43.3 Å². The number of hydrogen-bond donors (Lipinski definition) is 8. The van der Waals surface area contributed by atoms with Crippen LogP contribution in [-0.4, -0.2) is 91.7 Å². The molecule has 137 heavy (non-hydrogen) atoms. The van der Waals surface area contributed by atoms with Crippen LogP contribution in [0.15, 0.2) is 289 Å². The Bertz CT molecular complexity index is 6490. The number of rotatable bonds is 24. The van der Waals surface area contributed by atoms with Crippen LogP contribution in [0.4, 0.5) is 13.2 Å². The van der Waals surface area contributed by atoms with Gasteiger partial charge >= 0.3 is 90.4 Å². The molecule has 2 aliphatic carbocycles. The molecule has 0 bridgehead atoms. The van der Waals surface area contributed by atoms with Crippen LogP contribution >= 0.6 is 0 Å². The summed E-state index contributed by atoms with van der Waals surface area (Å²) in [5, 5.41) is 62.2. The van der Waals surface area contributed by atoms with Crippen molar-refractivity contribution >= 4 is 91.3 Å². The molecular formula is C106H101F3N24Pt4. The number of hydrogen-bond acceptors (Lipinski definition) is 16. The molecule has 2 aliphatic rings. The third-order valence-corrected chi connectivity index (χ3v) is 21.5. The van der Waals surface area contributed by atoms with E-state index in [0.717, 1.165) is 136 Å². The van der Waals surface area contributed by atoms with Crippen molar-refractivity contribution in [2.45, 2.75) is 119 Å². The molecule has 31 heteroatoms. The summed E-state index contributed by atoms with van der Waals surface area (Å²) in [6, 6.07) is 74.3. The van der Waals surface area contributed by atoms with E-state index in [1.165, 1.54) is 24.3 Å². The van der Waals surface area contributed by atoms with Crippen molar-refractivity contribution < 1.29 is 97.4 Å². The summed E-state index contributed by atoms with van der Waals surface area (Å²) in [6.45, 7) is 12.2. The molecule has 24 nitrogen and oxygen atoms in total. The largest absolute Gasteiger partial charge is 2.00 e. The van der Waals surface area contributed by atoms with Crippen LogP contribution < -0.4 is 0 Å². The first-order valence-corrected chi connectivity index (χ1v) is 43.0. The van der Waals surface area contributed by atoms with Gasteiger partial charge in [-0.1, -0.05) is 153 Å². The zero-order valence-electron chi connectivity index (χ0n) is 76.0. The minimum atomic E-state index is -4.83. The van der Waals surface area contributed by atoms with E-state index in [4.69, 9.17) is 99.1 Å². The fourth-order valence-electron chi connectivity index (χ4n) is 14.3. The molecule has 0 spiro atoms. The van der Waals surface area contributed by atoms with E-state index in [1.807, 2.05) is 178 Å². The average molecular weight is 2550 g/mol. The number of nitrogens with zero attached hydrogens (tertiary/aromatic N) is 8. The second kappa shape index (κ2) is 51.8. The average Bonchev–Trinajstić information content (AvgIpc) is 0.804. The van der Waals surface area contributed by atoms with Gasteiger partial charge in [-0.15, -0.1) is 45.6 Å². The summed E-state index contributed by atoms with van der Waals surface area (Å²) >= 11 is 0. The number of alkyl halides is 3. The van der Waals surface area contributed by atoms with Crippen molar-refractivity contribution in [1.82, 2.24) is 39.9 Å². The summed E-state index contributed by atoms with van der Waals surface area (Å²) in [6.07, 6.45) is 8.21. The number of aromatic nitrogens is 8. The van der Waals surface area contributed by atoms with E-state index in [9.17, 15) is 13.2 Å². The minimum absolute atomic E-state index is 0. The van der Waals surface area contributed by atoms with Crippen molar-refractivity contribution in [1.29, 1.82) is 43.3 Å². The molecule has 0 unspecified atom stereocenters. The van der Waals surface area contributed by atoms with Gasteiger partial charge < -0.3 is 83.7 Å². The van der Waals surface area contributed by atoms with E-state index < -0.39 is 17.6 Å². The Morgan fingerprint density at radius 2 is 0.489 bits per heavy atom. The predicted octanol–water partition coefficient (Wildman–Crippen LogP) is 30.6. The molecule has 0 aliphatic heterocycles. The van der Waals surface area contributed by atoms with Crippen LogP contribution in [0.2, 0.25) is 0 Å². The zero-order valence-corrected chi connectivity index (χ0v) is 85.0. The Balaban J connectivity index is 0.000000247. The van der Waals surface area contributed by atoms with Gasteiger partial charge in [-0.3, -0.25) is 5.41 Å². The first-order valence-electron chi connectivity index (χ1n) is 43.0. The van der Waals surface area contributed by atoms with Gasteiger partial charge in [0.15, 0.2) is 0 Å². The molecule has 0 atom stereocenters. The zero-order chi connectivity index (χ0) is 95.7. The first kappa shape index (κ1) is 110. The van der Waals surface area contributed by atoms with E-state index in [0.29, 0.717) is 133 Å². The maximum absolute atomic E-state index is 12.6. The maximum Gasteiger partial charge on any atom is 2.00 e. The third kappa shape index (κ3) is 30.1. The number of halogens is 3. The maximum atomic E-state index is 12.6. The van der Waals surface area contributed by atoms with Crippen molar-refractivity contribution in [2.75, 3.05) is 0 Å². The summed E-state index contributed by atoms with van der Waals surface area (Å²) in [5.74, 6) is 0. The Kier molecular flexibility index (Phi) is 41.7. The van der Waals surface area contributed by atoms with E-state index in [2.05, 4.69) is 29.9 Å². The number of allylic oxidation sites excluding steroid dienone is 8. The van der Waals surface area contributed by atoms with Gasteiger partial charge in [0.2, 0.25) is 0 Å². The molecule has 0 saturated heterocycles. The summed E-state index contributed by atoms with van der Waals surface area (Å²) in [4.78, 5) is 36.9. The van der Waals surface area contributed by atoms with Crippen molar-refractivity contribution in [3.63, 3.8) is 0 Å². The molecule has 4 aromatic carbocycles. The summed E-state index contributed by atoms with van der Waals surface area (Å²) in [7, 11) is 0. The SMILES string of the molecule is CC(=N)/C=C(\[NH-])c1cccc(-c2cccc(-c3cccc(/C([NH-])=C/C(=N)C(F)(F)F)n3)c2)n1.CC(=N)/C=C(\[NH-])c1cccc(-c2cccc(-c3cccc(/C([NH-])=C/C(C)=N)n3)c2)n1.CCC(=N)/C(C)=C(\[NH-])c1cccc(-c2cccc(-c3cccc(/C([NH-])=C(\C)C(=N)CC)n3)c2)n1.N=C1CCCC/C1=C(/[NH-])c1cccc(-c2cccc(-c3cccc(/C([NH-])=C4\CCCCC4=N)n3)c2)n1.[Pt+2].[Pt+2].[Pt+2].[Pt+2]. The van der Waals surface area contributed by atoms with Crippen LogP contribution in [-0.2, 0) is 84.3 Å². The Labute approximate surface area is 854 Å². The molecule has 2 fully saturated rings. The van der Waals surface area contributed by atoms with Crippen LogP contribution in [0.1, 0.15) is 158 Å². The molecule has 14 rings (SSSR count). The summed E-state index contributed by atoms with van der Waals surface area (Å²) < 4.78 is 37.8. The van der Waals surface area contributed by atoms with Gasteiger partial charge in [0.05, 0.1) is 45.6 Å². The topological polar surface area (TPSA) is 484 Å². The molecule has 8 heterocycles. The van der Waals surface area contributed by atoms with Gasteiger partial charge in [0, 0.05) is 130 Å². The number of nitrogens with one attached hydrogen (secondary N) is 16. The number of benzene rings is 4. The smallest absolute Gasteiger partial charge is 0.697 e. The van der Waals surface area contributed by atoms with E-state index in [1.54, 1.807) is 107 Å². The quantitative estimate of drug-likeness (QED) is 0.0268. The van der Waals surface area contributed by atoms with E-state index in [-0.39, 0.29) is 124 Å². The predicted molar refractivity (Wildman–Crippen MR) is 540 cm³/mol. The van der Waals surface area contributed by atoms with Crippen molar-refractivity contribution in [3.05, 3.63) is 381 Å². The van der Waals surface area contributed by atoms with Crippen LogP contribution in [0.3, 0.4) is 0 Å². The molecule has 0 radical (unpaired) electrons. The molecule has 16 N–H and O–H groups in total. The fourth-order valence-corrected chi connectivity index (χ4v) is 14.3. The Morgan fingerprint density at radius 3 is 0.708 bits per heavy atom. The van der Waals surface area contributed by atoms with Gasteiger partial charge in [-0.05, 0) is 249 Å². The second-order valence-electron chi connectivity index (χ2n) is 31.5. The van der Waals surface area contributed by atoms with Gasteiger partial charge in [-0.25, -0.2) is 39.9 Å². The monoisotopic (exact) mass is 2550 g/mol. The molecule has 2 saturated carbocycles. The van der Waals surface area contributed by atoms with Gasteiger partial charge in [-0.2, -0.15) is 13.2 Å². The van der Waals surface area contributed by atoms with Gasteiger partial charge in [0.25, 0.3) is 0 Å². The Hall–Kier alpha value is -13.7. The van der Waals surface area contributed by atoms with Crippen molar-refractivity contribution in [3.8, 4) is 90.1 Å². The molecule has 8 aromatic heterocycles. The van der Waals surface area contributed by atoms with E-state index >= 15 is 0 Å².